The number of thiazole rings is 1. The molecule has 0 saturated heterocycles. The maximum Gasteiger partial charge on any atom is 0.265 e. The lowest BCUT2D eigenvalue weighted by Crippen LogP contribution is -2.30. The number of halogens is 2. The molecule has 31 heavy (non-hydrogen) atoms. The van der Waals surface area contributed by atoms with Gasteiger partial charge >= 0.3 is 0 Å². The molecule has 158 valence electrons. The Balaban J connectivity index is 1.40. The molecule has 0 aliphatic rings. The van der Waals surface area contributed by atoms with Crippen LogP contribution in [0.4, 0.5) is 5.69 Å². The van der Waals surface area contributed by atoms with E-state index in [0.29, 0.717) is 21.5 Å². The van der Waals surface area contributed by atoms with Crippen LogP contribution in [0.1, 0.15) is 12.5 Å². The standard InChI is InChI=1S/C23H18Cl2N2O2S2/c1-14(29-20-10-7-16(24)11-18(20)25)22(28)26-17-8-9-19-21(12-17)31-23(27-19)30-13-15-5-3-2-4-6-15/h2-12,14H,13H2,1H3,(H,26,28)/t14-/m1/s1. The van der Waals surface area contributed by atoms with Gasteiger partial charge in [-0.15, -0.1) is 11.3 Å². The lowest BCUT2D eigenvalue weighted by atomic mass is 10.2. The first-order chi connectivity index (χ1) is 15.0. The van der Waals surface area contributed by atoms with E-state index in [1.807, 2.05) is 36.4 Å². The van der Waals surface area contributed by atoms with Crippen LogP contribution in [0.15, 0.2) is 71.1 Å². The quantitative estimate of drug-likeness (QED) is 0.277. The Kier molecular flexibility index (Phi) is 7.02. The minimum absolute atomic E-state index is 0.270. The number of benzene rings is 3. The number of ether oxygens (including phenoxy) is 1. The monoisotopic (exact) mass is 488 g/mol. The molecule has 1 heterocycles. The van der Waals surface area contributed by atoms with E-state index in [4.69, 9.17) is 27.9 Å². The fraction of sp³-hybridized carbons (Fsp3) is 0.130. The number of carbonyl (C=O) groups is 1. The normalized spacial score (nSPS) is 12.0. The summed E-state index contributed by atoms with van der Waals surface area (Å²) in [5.74, 6) is 1.01. The molecule has 1 atom stereocenters. The zero-order valence-electron chi connectivity index (χ0n) is 16.5. The van der Waals surface area contributed by atoms with Gasteiger partial charge in [-0.25, -0.2) is 4.98 Å². The van der Waals surface area contributed by atoms with Gasteiger partial charge in [-0.2, -0.15) is 0 Å². The van der Waals surface area contributed by atoms with E-state index in [-0.39, 0.29) is 5.91 Å². The van der Waals surface area contributed by atoms with Crippen LogP contribution in [0.5, 0.6) is 5.75 Å². The highest BCUT2D eigenvalue weighted by Crippen LogP contribution is 2.33. The summed E-state index contributed by atoms with van der Waals surface area (Å²) in [6.45, 7) is 1.67. The molecule has 0 spiro atoms. The van der Waals surface area contributed by atoms with Gasteiger partial charge in [0.25, 0.3) is 5.91 Å². The van der Waals surface area contributed by atoms with Gasteiger partial charge in [0.1, 0.15) is 5.75 Å². The van der Waals surface area contributed by atoms with E-state index in [9.17, 15) is 4.79 Å². The third-order valence-electron chi connectivity index (χ3n) is 4.41. The molecule has 1 N–H and O–H groups in total. The minimum Gasteiger partial charge on any atom is -0.479 e. The van der Waals surface area contributed by atoms with Gasteiger partial charge in [-0.05, 0) is 48.9 Å². The van der Waals surface area contributed by atoms with Crippen molar-refractivity contribution in [1.29, 1.82) is 0 Å². The third-order valence-corrected chi connectivity index (χ3v) is 7.17. The second kappa shape index (κ2) is 9.92. The lowest BCUT2D eigenvalue weighted by molar-refractivity contribution is -0.122. The molecule has 1 aromatic heterocycles. The molecule has 4 rings (SSSR count). The van der Waals surface area contributed by atoms with Crippen LogP contribution in [0, 0.1) is 0 Å². The number of nitrogens with zero attached hydrogens (tertiary/aromatic N) is 1. The second-order valence-corrected chi connectivity index (χ2v) is 9.86. The van der Waals surface area contributed by atoms with Crippen molar-refractivity contribution in [3.63, 3.8) is 0 Å². The summed E-state index contributed by atoms with van der Waals surface area (Å²) in [5, 5.41) is 3.76. The zero-order valence-corrected chi connectivity index (χ0v) is 19.6. The Morgan fingerprint density at radius 3 is 2.71 bits per heavy atom. The molecule has 0 radical (unpaired) electrons. The van der Waals surface area contributed by atoms with Crippen molar-refractivity contribution < 1.29 is 9.53 Å². The van der Waals surface area contributed by atoms with E-state index in [2.05, 4.69) is 22.4 Å². The first-order valence-electron chi connectivity index (χ1n) is 9.48. The molecule has 0 aliphatic carbocycles. The minimum atomic E-state index is -0.729. The van der Waals surface area contributed by atoms with Crippen LogP contribution in [0.2, 0.25) is 10.0 Å². The van der Waals surface area contributed by atoms with Crippen molar-refractivity contribution >= 4 is 68.1 Å². The first kappa shape index (κ1) is 22.0. The van der Waals surface area contributed by atoms with Crippen LogP contribution < -0.4 is 10.1 Å². The van der Waals surface area contributed by atoms with Crippen LogP contribution in [0.25, 0.3) is 10.2 Å². The highest BCUT2D eigenvalue weighted by molar-refractivity contribution is 8.00. The molecule has 8 heteroatoms. The molecule has 0 bridgehead atoms. The predicted molar refractivity (Wildman–Crippen MR) is 131 cm³/mol. The van der Waals surface area contributed by atoms with Crippen molar-refractivity contribution in [3.05, 3.63) is 82.3 Å². The van der Waals surface area contributed by atoms with E-state index in [1.54, 1.807) is 48.2 Å². The van der Waals surface area contributed by atoms with E-state index in [0.717, 1.165) is 20.3 Å². The maximum atomic E-state index is 12.6. The molecular weight excluding hydrogens is 471 g/mol. The Labute approximate surface area is 198 Å². The summed E-state index contributed by atoms with van der Waals surface area (Å²) in [6, 6.07) is 20.9. The lowest BCUT2D eigenvalue weighted by Gasteiger charge is -2.15. The number of amides is 1. The number of carbonyl (C=O) groups excluding carboxylic acids is 1. The van der Waals surface area contributed by atoms with Crippen LogP contribution in [-0.4, -0.2) is 17.0 Å². The van der Waals surface area contributed by atoms with Gasteiger partial charge in [0.05, 0.1) is 15.2 Å². The zero-order chi connectivity index (χ0) is 21.8. The summed E-state index contributed by atoms with van der Waals surface area (Å²) in [4.78, 5) is 17.2. The van der Waals surface area contributed by atoms with Gasteiger partial charge in [0.15, 0.2) is 10.4 Å². The van der Waals surface area contributed by atoms with Gasteiger partial charge in [-0.1, -0.05) is 65.3 Å². The van der Waals surface area contributed by atoms with Crippen LogP contribution in [0.3, 0.4) is 0 Å². The van der Waals surface area contributed by atoms with Crippen molar-refractivity contribution in [2.24, 2.45) is 0 Å². The van der Waals surface area contributed by atoms with Crippen LogP contribution in [-0.2, 0) is 10.5 Å². The molecule has 1 amide bonds. The van der Waals surface area contributed by atoms with E-state index >= 15 is 0 Å². The fourth-order valence-corrected chi connectivity index (χ4v) is 5.34. The summed E-state index contributed by atoms with van der Waals surface area (Å²) in [7, 11) is 0. The number of aromatic nitrogens is 1. The summed E-state index contributed by atoms with van der Waals surface area (Å²) >= 11 is 15.3. The van der Waals surface area contributed by atoms with Crippen LogP contribution >= 0.6 is 46.3 Å². The Morgan fingerprint density at radius 2 is 1.94 bits per heavy atom. The Bertz CT molecular complexity index is 1210. The average molecular weight is 489 g/mol. The van der Waals surface area contributed by atoms with Crippen molar-refractivity contribution in [2.45, 2.75) is 23.1 Å². The fourth-order valence-electron chi connectivity index (χ4n) is 2.82. The van der Waals surface area contributed by atoms with E-state index in [1.165, 1.54) is 5.56 Å². The van der Waals surface area contributed by atoms with E-state index < -0.39 is 6.10 Å². The van der Waals surface area contributed by atoms with Crippen molar-refractivity contribution in [1.82, 2.24) is 4.98 Å². The summed E-state index contributed by atoms with van der Waals surface area (Å²) < 4.78 is 7.70. The molecule has 0 unspecified atom stereocenters. The Hall–Kier alpha value is -2.25. The number of nitrogens with one attached hydrogen (secondary N) is 1. The highest BCUT2D eigenvalue weighted by atomic mass is 35.5. The highest BCUT2D eigenvalue weighted by Gasteiger charge is 2.17. The number of hydrogen-bond donors (Lipinski definition) is 1. The first-order valence-corrected chi connectivity index (χ1v) is 12.0. The number of fused-ring (bicyclic) bond motifs is 1. The SMILES string of the molecule is C[C@@H](Oc1ccc(Cl)cc1Cl)C(=O)Nc1ccc2nc(SCc3ccccc3)sc2c1. The topological polar surface area (TPSA) is 51.2 Å². The van der Waals surface area contributed by atoms with Gasteiger partial charge in [-0.3, -0.25) is 4.79 Å². The Morgan fingerprint density at radius 1 is 1.13 bits per heavy atom. The summed E-state index contributed by atoms with van der Waals surface area (Å²) in [5.41, 5.74) is 2.86. The molecular formula is C23H18Cl2N2O2S2. The van der Waals surface area contributed by atoms with Gasteiger partial charge in [0.2, 0.25) is 0 Å². The predicted octanol–water partition coefficient (Wildman–Crippen LogP) is 7.30. The number of thioether (sulfide) groups is 1. The number of hydrogen-bond acceptors (Lipinski definition) is 5. The molecule has 3 aromatic carbocycles. The molecule has 0 fully saturated rings. The largest absolute Gasteiger partial charge is 0.479 e. The molecule has 4 aromatic rings. The van der Waals surface area contributed by atoms with Crippen molar-refractivity contribution in [2.75, 3.05) is 5.32 Å². The smallest absolute Gasteiger partial charge is 0.265 e. The third kappa shape index (κ3) is 5.71. The second-order valence-electron chi connectivity index (χ2n) is 6.76. The number of rotatable bonds is 7. The van der Waals surface area contributed by atoms with Gasteiger partial charge in [0, 0.05) is 16.5 Å². The summed E-state index contributed by atoms with van der Waals surface area (Å²) in [6.07, 6.45) is -0.729. The van der Waals surface area contributed by atoms with Gasteiger partial charge < -0.3 is 10.1 Å². The molecule has 0 saturated carbocycles. The van der Waals surface area contributed by atoms with Crippen molar-refractivity contribution in [3.8, 4) is 5.75 Å². The number of anilines is 1. The molecule has 0 aliphatic heterocycles. The molecule has 4 nitrogen and oxygen atoms in total. The average Bonchev–Trinajstić information content (AvgIpc) is 3.17. The maximum absolute atomic E-state index is 12.6.